The van der Waals surface area contributed by atoms with E-state index in [2.05, 4.69) is 4.98 Å². The quantitative estimate of drug-likeness (QED) is 0.710. The largest absolute Gasteiger partial charge is 0.359 e. The van der Waals surface area contributed by atoms with Gasteiger partial charge in [-0.15, -0.1) is 0 Å². The Morgan fingerprint density at radius 3 is 2.83 bits per heavy atom. The third-order valence-electron chi connectivity index (χ3n) is 1.80. The van der Waals surface area contributed by atoms with Gasteiger partial charge in [-0.3, -0.25) is 0 Å². The van der Waals surface area contributed by atoms with Gasteiger partial charge in [0.15, 0.2) is 0 Å². The fraction of sp³-hybridized carbons (Fsp3) is 0.111. The van der Waals surface area contributed by atoms with Crippen LogP contribution in [0, 0.1) is 16.3 Å². The van der Waals surface area contributed by atoms with Crippen molar-refractivity contribution in [2.24, 2.45) is 0 Å². The molecule has 0 bridgehead atoms. The molecule has 0 atom stereocenters. The van der Waals surface area contributed by atoms with Crippen LogP contribution in [0.5, 0.6) is 0 Å². The summed E-state index contributed by atoms with van der Waals surface area (Å²) in [5.41, 5.74) is 2.06. The summed E-state index contributed by atoms with van der Waals surface area (Å²) in [6, 6.07) is 5.31. The van der Waals surface area contributed by atoms with E-state index >= 15 is 0 Å². The first kappa shape index (κ1) is 8.04. The van der Waals surface area contributed by atoms with Gasteiger partial charge in [-0.05, 0) is 47.7 Å². The van der Waals surface area contributed by atoms with Crippen LogP contribution in [0.4, 0.5) is 4.39 Å². The fourth-order valence-corrected chi connectivity index (χ4v) is 1.74. The summed E-state index contributed by atoms with van der Waals surface area (Å²) in [6.07, 6.45) is 0. The van der Waals surface area contributed by atoms with Crippen molar-refractivity contribution in [2.75, 3.05) is 0 Å². The topological polar surface area (TPSA) is 15.8 Å². The van der Waals surface area contributed by atoms with Crippen molar-refractivity contribution < 1.29 is 4.39 Å². The molecule has 62 valence electrons. The third kappa shape index (κ3) is 1.22. The van der Waals surface area contributed by atoms with Crippen molar-refractivity contribution in [3.8, 4) is 0 Å². The Labute approximate surface area is 83.1 Å². The Hall–Kier alpha value is -0.580. The first-order chi connectivity index (χ1) is 5.66. The second kappa shape index (κ2) is 2.73. The van der Waals surface area contributed by atoms with Crippen LogP contribution in [0.2, 0.25) is 0 Å². The summed E-state index contributed by atoms with van der Waals surface area (Å²) < 4.78 is 13.7. The molecule has 0 aliphatic heterocycles. The van der Waals surface area contributed by atoms with Crippen LogP contribution in [-0.4, -0.2) is 4.98 Å². The van der Waals surface area contributed by atoms with Crippen LogP contribution in [-0.2, 0) is 0 Å². The maximum atomic E-state index is 13.0. The average Bonchev–Trinajstić information content (AvgIpc) is 2.30. The van der Waals surface area contributed by atoms with Crippen molar-refractivity contribution >= 4 is 33.5 Å². The molecule has 1 aromatic heterocycles. The van der Waals surface area contributed by atoms with E-state index in [1.807, 2.05) is 41.6 Å². The number of aromatic nitrogens is 1. The molecule has 1 nitrogen and oxygen atoms in total. The molecule has 0 saturated carbocycles. The van der Waals surface area contributed by atoms with E-state index in [-0.39, 0.29) is 5.82 Å². The minimum atomic E-state index is -0.151. The molecule has 0 aliphatic rings. The number of H-pyrrole nitrogens is 1. The van der Waals surface area contributed by atoms with Crippen LogP contribution in [0.1, 0.15) is 5.69 Å². The second-order valence-electron chi connectivity index (χ2n) is 2.81. The third-order valence-corrected chi connectivity index (χ3v) is 2.62. The molecular weight excluding hydrogens is 268 g/mol. The van der Waals surface area contributed by atoms with Gasteiger partial charge in [-0.25, -0.2) is 4.39 Å². The molecule has 1 aromatic carbocycles. The Balaban J connectivity index is 2.83. The number of nitrogens with one attached hydrogen (secondary N) is 1. The molecule has 0 unspecified atom stereocenters. The molecule has 2 aromatic rings. The van der Waals surface area contributed by atoms with Crippen LogP contribution < -0.4 is 0 Å². The van der Waals surface area contributed by atoms with E-state index in [1.54, 1.807) is 6.07 Å². The Kier molecular flexibility index (Phi) is 1.83. The minimum Gasteiger partial charge on any atom is -0.359 e. The van der Waals surface area contributed by atoms with Gasteiger partial charge in [0.1, 0.15) is 5.82 Å². The Morgan fingerprint density at radius 1 is 1.33 bits per heavy atom. The number of halogens is 2. The normalized spacial score (nSPS) is 10.9. The predicted molar refractivity (Wildman–Crippen MR) is 55.7 cm³/mol. The molecule has 1 N–H and O–H groups in total. The maximum absolute atomic E-state index is 13.0. The molecule has 0 aliphatic carbocycles. The first-order valence-electron chi connectivity index (χ1n) is 3.61. The van der Waals surface area contributed by atoms with Crippen molar-refractivity contribution in [2.45, 2.75) is 6.92 Å². The van der Waals surface area contributed by atoms with Gasteiger partial charge in [0, 0.05) is 16.6 Å². The predicted octanol–water partition coefficient (Wildman–Crippen LogP) is 3.22. The number of hydrogen-bond acceptors (Lipinski definition) is 0. The summed E-state index contributed by atoms with van der Waals surface area (Å²) in [7, 11) is 0. The van der Waals surface area contributed by atoms with Crippen LogP contribution in [0.25, 0.3) is 10.9 Å². The van der Waals surface area contributed by atoms with Crippen LogP contribution in [0.3, 0.4) is 0 Å². The summed E-state index contributed by atoms with van der Waals surface area (Å²) in [5.74, 6) is -0.151. The molecule has 0 spiro atoms. The van der Waals surface area contributed by atoms with Crippen molar-refractivity contribution in [3.63, 3.8) is 0 Å². The maximum Gasteiger partial charge on any atom is 0.137 e. The van der Waals surface area contributed by atoms with E-state index in [1.165, 1.54) is 0 Å². The van der Waals surface area contributed by atoms with Crippen molar-refractivity contribution in [1.29, 1.82) is 0 Å². The highest BCUT2D eigenvalue weighted by atomic mass is 127. The lowest BCUT2D eigenvalue weighted by Crippen LogP contribution is -1.79. The number of fused-ring (bicyclic) bond motifs is 1. The zero-order valence-electron chi connectivity index (χ0n) is 6.49. The SMILES string of the molecule is Cc1cc2cc(F)c(I)cc2[nH]1. The van der Waals surface area contributed by atoms with Gasteiger partial charge < -0.3 is 4.98 Å². The lowest BCUT2D eigenvalue weighted by molar-refractivity contribution is 0.622. The summed E-state index contributed by atoms with van der Waals surface area (Å²) >= 11 is 1.99. The highest BCUT2D eigenvalue weighted by Gasteiger charge is 2.02. The van der Waals surface area contributed by atoms with Gasteiger partial charge in [0.25, 0.3) is 0 Å². The first-order valence-corrected chi connectivity index (χ1v) is 4.69. The molecule has 0 saturated heterocycles. The summed E-state index contributed by atoms with van der Waals surface area (Å²) in [5, 5.41) is 0.936. The average molecular weight is 275 g/mol. The van der Waals surface area contributed by atoms with E-state index in [0.29, 0.717) is 3.57 Å². The number of benzene rings is 1. The molecule has 0 radical (unpaired) electrons. The van der Waals surface area contributed by atoms with E-state index in [9.17, 15) is 4.39 Å². The molecule has 0 fully saturated rings. The zero-order valence-corrected chi connectivity index (χ0v) is 8.65. The van der Waals surface area contributed by atoms with Crippen molar-refractivity contribution in [3.05, 3.63) is 33.3 Å². The van der Waals surface area contributed by atoms with Crippen LogP contribution in [0.15, 0.2) is 18.2 Å². The van der Waals surface area contributed by atoms with Gasteiger partial charge in [0.2, 0.25) is 0 Å². The molecule has 1 heterocycles. The van der Waals surface area contributed by atoms with E-state index in [4.69, 9.17) is 0 Å². The summed E-state index contributed by atoms with van der Waals surface area (Å²) in [6.45, 7) is 1.96. The van der Waals surface area contributed by atoms with E-state index in [0.717, 1.165) is 16.6 Å². The monoisotopic (exact) mass is 275 g/mol. The lowest BCUT2D eigenvalue weighted by Gasteiger charge is -1.93. The van der Waals surface area contributed by atoms with Crippen LogP contribution >= 0.6 is 22.6 Å². The lowest BCUT2D eigenvalue weighted by atomic mass is 10.2. The Bertz CT molecular complexity index is 394. The van der Waals surface area contributed by atoms with Crippen molar-refractivity contribution in [1.82, 2.24) is 4.98 Å². The smallest absolute Gasteiger partial charge is 0.137 e. The van der Waals surface area contributed by atoms with Gasteiger partial charge in [-0.2, -0.15) is 0 Å². The number of aryl methyl sites for hydroxylation is 1. The number of rotatable bonds is 0. The molecule has 12 heavy (non-hydrogen) atoms. The highest BCUT2D eigenvalue weighted by Crippen LogP contribution is 2.20. The zero-order chi connectivity index (χ0) is 8.72. The number of hydrogen-bond donors (Lipinski definition) is 1. The molecular formula is C9H7FIN. The minimum absolute atomic E-state index is 0.151. The summed E-state index contributed by atoms with van der Waals surface area (Å²) in [4.78, 5) is 3.16. The standard InChI is InChI=1S/C9H7FIN/c1-5-2-6-3-7(10)8(11)4-9(6)12-5/h2-4,12H,1H3. The molecule has 2 rings (SSSR count). The molecule has 3 heteroatoms. The second-order valence-corrected chi connectivity index (χ2v) is 3.97. The van der Waals surface area contributed by atoms with Gasteiger partial charge >= 0.3 is 0 Å². The van der Waals surface area contributed by atoms with Gasteiger partial charge in [0.05, 0.1) is 3.57 Å². The van der Waals surface area contributed by atoms with E-state index < -0.39 is 0 Å². The fourth-order valence-electron chi connectivity index (χ4n) is 1.27. The molecule has 0 amide bonds. The Morgan fingerprint density at radius 2 is 2.08 bits per heavy atom. The number of aromatic amines is 1. The van der Waals surface area contributed by atoms with Gasteiger partial charge in [-0.1, -0.05) is 0 Å². The highest BCUT2D eigenvalue weighted by molar-refractivity contribution is 14.1.